The van der Waals surface area contributed by atoms with E-state index in [2.05, 4.69) is 12.2 Å². The van der Waals surface area contributed by atoms with E-state index in [9.17, 15) is 0 Å². The molecule has 1 aromatic rings. The van der Waals surface area contributed by atoms with Crippen molar-refractivity contribution in [2.75, 3.05) is 20.3 Å². The third-order valence-electron chi connectivity index (χ3n) is 3.21. The van der Waals surface area contributed by atoms with Crippen LogP contribution in [0.5, 0.6) is 11.5 Å². The molecule has 1 heterocycles. The zero-order chi connectivity index (χ0) is 12.1. The number of rotatable bonds is 5. The van der Waals surface area contributed by atoms with Crippen LogP contribution in [0.25, 0.3) is 0 Å². The zero-order valence-corrected chi connectivity index (χ0v) is 10.7. The van der Waals surface area contributed by atoms with Gasteiger partial charge in [-0.2, -0.15) is 0 Å². The minimum atomic E-state index is 0.631. The van der Waals surface area contributed by atoms with Crippen molar-refractivity contribution in [2.45, 2.75) is 32.2 Å². The highest BCUT2D eigenvalue weighted by Crippen LogP contribution is 2.28. The minimum Gasteiger partial charge on any atom is -0.493 e. The van der Waals surface area contributed by atoms with Crippen molar-refractivity contribution in [1.82, 2.24) is 5.32 Å². The van der Waals surface area contributed by atoms with Gasteiger partial charge in [0.05, 0.1) is 13.7 Å². The van der Waals surface area contributed by atoms with Crippen LogP contribution >= 0.6 is 0 Å². The summed E-state index contributed by atoms with van der Waals surface area (Å²) in [7, 11) is 1.68. The SMILES string of the molecule is COc1cc(C)ccc1OCCC1CCCN1. The van der Waals surface area contributed by atoms with Crippen LogP contribution in [0.3, 0.4) is 0 Å². The van der Waals surface area contributed by atoms with Gasteiger partial charge in [0.2, 0.25) is 0 Å². The van der Waals surface area contributed by atoms with Crippen molar-refractivity contribution < 1.29 is 9.47 Å². The van der Waals surface area contributed by atoms with Crippen molar-refractivity contribution >= 4 is 0 Å². The first-order valence-corrected chi connectivity index (χ1v) is 6.30. The molecule has 3 heteroatoms. The largest absolute Gasteiger partial charge is 0.493 e. The summed E-state index contributed by atoms with van der Waals surface area (Å²) >= 11 is 0. The second kappa shape index (κ2) is 5.92. The molecule has 1 aromatic carbocycles. The Kier molecular flexibility index (Phi) is 4.26. The summed E-state index contributed by atoms with van der Waals surface area (Å²) in [4.78, 5) is 0. The van der Waals surface area contributed by atoms with Crippen LogP contribution in [0, 0.1) is 6.92 Å². The fourth-order valence-electron chi connectivity index (χ4n) is 2.21. The van der Waals surface area contributed by atoms with Gasteiger partial charge >= 0.3 is 0 Å². The van der Waals surface area contributed by atoms with Crippen molar-refractivity contribution in [3.05, 3.63) is 23.8 Å². The van der Waals surface area contributed by atoms with E-state index in [1.54, 1.807) is 7.11 Å². The first-order chi connectivity index (χ1) is 8.29. The van der Waals surface area contributed by atoms with Gasteiger partial charge in [-0.25, -0.2) is 0 Å². The summed E-state index contributed by atoms with van der Waals surface area (Å²) in [6.45, 7) is 3.95. The quantitative estimate of drug-likeness (QED) is 0.850. The van der Waals surface area contributed by atoms with Crippen LogP contribution in [-0.2, 0) is 0 Å². The Labute approximate surface area is 103 Å². The van der Waals surface area contributed by atoms with E-state index in [0.29, 0.717) is 6.04 Å². The maximum Gasteiger partial charge on any atom is 0.161 e. The van der Waals surface area contributed by atoms with Crippen LogP contribution in [0.15, 0.2) is 18.2 Å². The van der Waals surface area contributed by atoms with E-state index in [4.69, 9.17) is 9.47 Å². The van der Waals surface area contributed by atoms with E-state index in [1.165, 1.54) is 18.4 Å². The fourth-order valence-corrected chi connectivity index (χ4v) is 2.21. The summed E-state index contributed by atoms with van der Waals surface area (Å²) in [5, 5.41) is 3.47. The molecule has 0 spiro atoms. The van der Waals surface area contributed by atoms with Crippen molar-refractivity contribution in [3.63, 3.8) is 0 Å². The molecule has 1 fully saturated rings. The molecule has 0 bridgehead atoms. The van der Waals surface area contributed by atoms with Gasteiger partial charge in [-0.15, -0.1) is 0 Å². The molecule has 1 N–H and O–H groups in total. The molecule has 1 aliphatic rings. The molecule has 1 aliphatic heterocycles. The van der Waals surface area contributed by atoms with Gasteiger partial charge in [0.1, 0.15) is 0 Å². The molecule has 1 unspecified atom stereocenters. The first-order valence-electron chi connectivity index (χ1n) is 6.30. The second-order valence-corrected chi connectivity index (χ2v) is 4.58. The smallest absolute Gasteiger partial charge is 0.161 e. The topological polar surface area (TPSA) is 30.5 Å². The summed E-state index contributed by atoms with van der Waals surface area (Å²) in [6, 6.07) is 6.66. The van der Waals surface area contributed by atoms with E-state index in [-0.39, 0.29) is 0 Å². The van der Waals surface area contributed by atoms with Crippen LogP contribution in [0.4, 0.5) is 0 Å². The number of benzene rings is 1. The molecule has 1 atom stereocenters. The lowest BCUT2D eigenvalue weighted by molar-refractivity contribution is 0.275. The van der Waals surface area contributed by atoms with E-state index < -0.39 is 0 Å². The van der Waals surface area contributed by atoms with E-state index in [1.807, 2.05) is 18.2 Å². The van der Waals surface area contributed by atoms with Gasteiger partial charge in [0, 0.05) is 6.04 Å². The molecular weight excluding hydrogens is 214 g/mol. The average molecular weight is 235 g/mol. The third-order valence-corrected chi connectivity index (χ3v) is 3.21. The number of hydrogen-bond donors (Lipinski definition) is 1. The Balaban J connectivity index is 1.85. The normalized spacial score (nSPS) is 19.3. The lowest BCUT2D eigenvalue weighted by Crippen LogP contribution is -2.23. The molecule has 0 amide bonds. The van der Waals surface area contributed by atoms with Gasteiger partial charge in [-0.05, 0) is 50.4 Å². The molecule has 2 rings (SSSR count). The summed E-state index contributed by atoms with van der Waals surface area (Å²) in [5.41, 5.74) is 1.19. The molecule has 17 heavy (non-hydrogen) atoms. The number of nitrogens with one attached hydrogen (secondary N) is 1. The Morgan fingerprint density at radius 3 is 2.94 bits per heavy atom. The maximum atomic E-state index is 5.78. The Bertz CT molecular complexity index is 359. The Morgan fingerprint density at radius 1 is 1.35 bits per heavy atom. The van der Waals surface area contributed by atoms with Gasteiger partial charge in [0.25, 0.3) is 0 Å². The average Bonchev–Trinajstić information content (AvgIpc) is 2.84. The summed E-state index contributed by atoms with van der Waals surface area (Å²) in [5.74, 6) is 1.67. The highest BCUT2D eigenvalue weighted by atomic mass is 16.5. The molecule has 0 aromatic heterocycles. The van der Waals surface area contributed by atoms with Gasteiger partial charge < -0.3 is 14.8 Å². The molecule has 0 saturated carbocycles. The van der Waals surface area contributed by atoms with Crippen molar-refractivity contribution in [3.8, 4) is 11.5 Å². The van der Waals surface area contributed by atoms with Crippen molar-refractivity contribution in [2.24, 2.45) is 0 Å². The molecule has 94 valence electrons. The number of hydrogen-bond acceptors (Lipinski definition) is 3. The molecule has 0 radical (unpaired) electrons. The monoisotopic (exact) mass is 235 g/mol. The predicted molar refractivity (Wildman–Crippen MR) is 68.9 cm³/mol. The first kappa shape index (κ1) is 12.2. The maximum absolute atomic E-state index is 5.78. The van der Waals surface area contributed by atoms with Crippen LogP contribution in [-0.4, -0.2) is 26.3 Å². The number of methoxy groups -OCH3 is 1. The Hall–Kier alpha value is -1.22. The molecule has 1 saturated heterocycles. The van der Waals surface area contributed by atoms with Crippen molar-refractivity contribution in [1.29, 1.82) is 0 Å². The van der Waals surface area contributed by atoms with Crippen LogP contribution in [0.1, 0.15) is 24.8 Å². The lowest BCUT2D eigenvalue weighted by atomic mass is 10.2. The van der Waals surface area contributed by atoms with Gasteiger partial charge in [-0.1, -0.05) is 6.07 Å². The van der Waals surface area contributed by atoms with E-state index >= 15 is 0 Å². The minimum absolute atomic E-state index is 0.631. The van der Waals surface area contributed by atoms with Gasteiger partial charge in [0.15, 0.2) is 11.5 Å². The molecule has 3 nitrogen and oxygen atoms in total. The highest BCUT2D eigenvalue weighted by molar-refractivity contribution is 5.42. The Morgan fingerprint density at radius 2 is 2.24 bits per heavy atom. The number of ether oxygens (including phenoxy) is 2. The molecular formula is C14H21NO2. The standard InChI is InChI=1S/C14H21NO2/c1-11-5-6-13(14(10-11)16-2)17-9-7-12-4-3-8-15-12/h5-6,10,12,15H,3-4,7-9H2,1-2H3. The van der Waals surface area contributed by atoms with Gasteiger partial charge in [-0.3, -0.25) is 0 Å². The summed E-state index contributed by atoms with van der Waals surface area (Å²) < 4.78 is 11.1. The highest BCUT2D eigenvalue weighted by Gasteiger charge is 2.14. The third kappa shape index (κ3) is 3.37. The van der Waals surface area contributed by atoms with Crippen LogP contribution in [0.2, 0.25) is 0 Å². The summed E-state index contributed by atoms with van der Waals surface area (Å²) in [6.07, 6.45) is 3.63. The predicted octanol–water partition coefficient (Wildman–Crippen LogP) is 2.52. The van der Waals surface area contributed by atoms with Crippen LogP contribution < -0.4 is 14.8 Å². The zero-order valence-electron chi connectivity index (χ0n) is 10.7. The number of aryl methyl sites for hydroxylation is 1. The lowest BCUT2D eigenvalue weighted by Gasteiger charge is -2.13. The van der Waals surface area contributed by atoms with E-state index in [0.717, 1.165) is 31.1 Å². The fraction of sp³-hybridized carbons (Fsp3) is 0.571. The molecule has 0 aliphatic carbocycles. The second-order valence-electron chi connectivity index (χ2n) is 4.58.